The van der Waals surface area contributed by atoms with Gasteiger partial charge in [-0.05, 0) is 6.92 Å². The van der Waals surface area contributed by atoms with E-state index in [1.165, 1.54) is 0 Å². The zero-order chi connectivity index (χ0) is 5.11. The van der Waals surface area contributed by atoms with E-state index in [4.69, 9.17) is 9.47 Å². The lowest BCUT2D eigenvalue weighted by Crippen LogP contribution is -2.05. The molecular weight excluding hydrogens is 92.1 g/mol. The lowest BCUT2D eigenvalue weighted by atomic mass is 10.6. The molecule has 0 saturated carbocycles. The van der Waals surface area contributed by atoms with Crippen molar-refractivity contribution in [3.63, 3.8) is 0 Å². The fraction of sp³-hybridized carbons (Fsp3) is 0.600. The van der Waals surface area contributed by atoms with Gasteiger partial charge in [-0.1, -0.05) is 0 Å². The van der Waals surface area contributed by atoms with Crippen LogP contribution in [0.2, 0.25) is 0 Å². The van der Waals surface area contributed by atoms with E-state index in [9.17, 15) is 0 Å². The normalized spacial score (nSPS) is 19.3. The van der Waals surface area contributed by atoms with E-state index in [0.717, 1.165) is 5.76 Å². The van der Waals surface area contributed by atoms with Gasteiger partial charge in [0.2, 0.25) is 0 Å². The summed E-state index contributed by atoms with van der Waals surface area (Å²) in [5.74, 6) is 0.867. The van der Waals surface area contributed by atoms with Crippen LogP contribution in [0.25, 0.3) is 0 Å². The molecule has 2 heteroatoms. The van der Waals surface area contributed by atoms with E-state index in [1.54, 1.807) is 6.26 Å². The van der Waals surface area contributed by atoms with Crippen LogP contribution in [-0.4, -0.2) is 13.2 Å². The predicted molar refractivity (Wildman–Crippen MR) is 25.7 cm³/mol. The second-order valence-corrected chi connectivity index (χ2v) is 1.45. The first-order valence-corrected chi connectivity index (χ1v) is 2.31. The zero-order valence-corrected chi connectivity index (χ0v) is 4.31. The molecule has 0 aromatic heterocycles. The average molecular weight is 100 g/mol. The van der Waals surface area contributed by atoms with E-state index in [0.29, 0.717) is 13.2 Å². The summed E-state index contributed by atoms with van der Waals surface area (Å²) in [7, 11) is 0. The third kappa shape index (κ3) is 1.11. The van der Waals surface area contributed by atoms with Gasteiger partial charge >= 0.3 is 0 Å². The Kier molecular flexibility index (Phi) is 1.20. The Morgan fingerprint density at radius 2 is 2.43 bits per heavy atom. The zero-order valence-electron chi connectivity index (χ0n) is 4.31. The van der Waals surface area contributed by atoms with E-state index >= 15 is 0 Å². The van der Waals surface area contributed by atoms with Crippen molar-refractivity contribution in [2.45, 2.75) is 6.92 Å². The summed E-state index contributed by atoms with van der Waals surface area (Å²) in [5.41, 5.74) is 0. The number of rotatable bonds is 0. The summed E-state index contributed by atoms with van der Waals surface area (Å²) < 4.78 is 9.91. The van der Waals surface area contributed by atoms with Crippen molar-refractivity contribution >= 4 is 0 Å². The largest absolute Gasteiger partial charge is 0.494 e. The summed E-state index contributed by atoms with van der Waals surface area (Å²) in [6.45, 7) is 3.26. The molecule has 0 fully saturated rings. The number of ether oxygens (including phenoxy) is 2. The van der Waals surface area contributed by atoms with Gasteiger partial charge in [0.05, 0.1) is 0 Å². The van der Waals surface area contributed by atoms with Crippen molar-refractivity contribution in [3.05, 3.63) is 12.0 Å². The van der Waals surface area contributed by atoms with Crippen molar-refractivity contribution in [1.29, 1.82) is 0 Å². The van der Waals surface area contributed by atoms with Crippen molar-refractivity contribution in [3.8, 4) is 0 Å². The summed E-state index contributed by atoms with van der Waals surface area (Å²) in [4.78, 5) is 0. The lowest BCUT2D eigenvalue weighted by Gasteiger charge is -2.10. The van der Waals surface area contributed by atoms with Gasteiger partial charge < -0.3 is 9.47 Å². The molecule has 1 aliphatic rings. The maximum Gasteiger partial charge on any atom is 0.127 e. The molecule has 0 spiro atoms. The minimum absolute atomic E-state index is 0.692. The second kappa shape index (κ2) is 1.87. The van der Waals surface area contributed by atoms with Crippen LogP contribution >= 0.6 is 0 Å². The summed E-state index contributed by atoms with van der Waals surface area (Å²) in [6, 6.07) is 0. The fourth-order valence-electron chi connectivity index (χ4n) is 0.461. The molecule has 7 heavy (non-hydrogen) atoms. The second-order valence-electron chi connectivity index (χ2n) is 1.45. The Balaban J connectivity index is 2.40. The molecule has 0 aliphatic carbocycles. The SMILES string of the molecule is CC1=COCCO1. The van der Waals surface area contributed by atoms with Crippen LogP contribution in [0.15, 0.2) is 12.0 Å². The van der Waals surface area contributed by atoms with E-state index in [-0.39, 0.29) is 0 Å². The van der Waals surface area contributed by atoms with Crippen LogP contribution in [-0.2, 0) is 9.47 Å². The van der Waals surface area contributed by atoms with Crippen LogP contribution in [0.5, 0.6) is 0 Å². The lowest BCUT2D eigenvalue weighted by molar-refractivity contribution is 0.0857. The Bertz CT molecular complexity index is 86.1. The molecule has 0 amide bonds. The first-order chi connectivity index (χ1) is 3.39. The van der Waals surface area contributed by atoms with Crippen LogP contribution in [0.3, 0.4) is 0 Å². The van der Waals surface area contributed by atoms with Gasteiger partial charge in [-0.2, -0.15) is 0 Å². The third-order valence-electron chi connectivity index (χ3n) is 0.780. The highest BCUT2D eigenvalue weighted by Gasteiger charge is 1.95. The van der Waals surface area contributed by atoms with E-state index in [2.05, 4.69) is 0 Å². The van der Waals surface area contributed by atoms with Crippen molar-refractivity contribution in [1.82, 2.24) is 0 Å². The number of allylic oxidation sites excluding steroid dienone is 1. The molecule has 2 nitrogen and oxygen atoms in total. The highest BCUT2D eigenvalue weighted by Crippen LogP contribution is 2.00. The van der Waals surface area contributed by atoms with Crippen LogP contribution in [0, 0.1) is 0 Å². The molecule has 1 aliphatic heterocycles. The molecule has 0 saturated heterocycles. The van der Waals surface area contributed by atoms with Crippen LogP contribution < -0.4 is 0 Å². The first kappa shape index (κ1) is 4.50. The summed E-state index contributed by atoms with van der Waals surface area (Å²) in [6.07, 6.45) is 1.63. The molecular formula is C5H8O2. The average Bonchev–Trinajstić information content (AvgIpc) is 1.69. The predicted octanol–water partition coefficient (Wildman–Crippen LogP) is 0.895. The molecule has 0 aromatic rings. The molecule has 0 bridgehead atoms. The molecule has 40 valence electrons. The topological polar surface area (TPSA) is 18.5 Å². The highest BCUT2D eigenvalue weighted by molar-refractivity contribution is 4.83. The van der Waals surface area contributed by atoms with Crippen LogP contribution in [0.4, 0.5) is 0 Å². The fourth-order valence-corrected chi connectivity index (χ4v) is 0.461. The molecule has 0 N–H and O–H groups in total. The summed E-state index contributed by atoms with van der Waals surface area (Å²) in [5, 5.41) is 0. The molecule has 1 heterocycles. The van der Waals surface area contributed by atoms with Gasteiger partial charge in [0.15, 0.2) is 0 Å². The van der Waals surface area contributed by atoms with Crippen molar-refractivity contribution in [2.24, 2.45) is 0 Å². The molecule has 0 unspecified atom stereocenters. The van der Waals surface area contributed by atoms with Gasteiger partial charge in [0.25, 0.3) is 0 Å². The molecule has 0 atom stereocenters. The van der Waals surface area contributed by atoms with Gasteiger partial charge in [-0.3, -0.25) is 0 Å². The van der Waals surface area contributed by atoms with Gasteiger partial charge in [0.1, 0.15) is 25.2 Å². The Morgan fingerprint density at radius 1 is 1.57 bits per heavy atom. The highest BCUT2D eigenvalue weighted by atomic mass is 16.6. The minimum Gasteiger partial charge on any atom is -0.494 e. The Hall–Kier alpha value is -0.660. The maximum absolute atomic E-state index is 5.01. The minimum atomic E-state index is 0.692. The molecule has 1 rings (SSSR count). The Morgan fingerprint density at radius 3 is 2.71 bits per heavy atom. The first-order valence-electron chi connectivity index (χ1n) is 2.31. The maximum atomic E-state index is 5.01. The van der Waals surface area contributed by atoms with Gasteiger partial charge in [0, 0.05) is 0 Å². The molecule has 0 radical (unpaired) electrons. The van der Waals surface area contributed by atoms with E-state index < -0.39 is 0 Å². The van der Waals surface area contributed by atoms with Crippen molar-refractivity contribution in [2.75, 3.05) is 13.2 Å². The molecule has 0 aromatic carbocycles. The quantitative estimate of drug-likeness (QED) is 0.450. The third-order valence-corrected chi connectivity index (χ3v) is 0.780. The van der Waals surface area contributed by atoms with Gasteiger partial charge in [-0.15, -0.1) is 0 Å². The standard InChI is InChI=1S/C5H8O2/c1-5-4-6-2-3-7-5/h4H,2-3H2,1H3. The number of hydrogen-bond donors (Lipinski definition) is 0. The van der Waals surface area contributed by atoms with Crippen molar-refractivity contribution < 1.29 is 9.47 Å². The van der Waals surface area contributed by atoms with E-state index in [1.807, 2.05) is 6.92 Å². The monoisotopic (exact) mass is 100 g/mol. The number of hydrogen-bond acceptors (Lipinski definition) is 2. The Labute approximate surface area is 42.7 Å². The summed E-state index contributed by atoms with van der Waals surface area (Å²) >= 11 is 0. The smallest absolute Gasteiger partial charge is 0.127 e. The van der Waals surface area contributed by atoms with Crippen LogP contribution in [0.1, 0.15) is 6.92 Å². The van der Waals surface area contributed by atoms with Gasteiger partial charge in [-0.25, -0.2) is 0 Å².